The fraction of sp³-hybridized carbons (Fsp3) is 0.432. The van der Waals surface area contributed by atoms with E-state index in [2.05, 4.69) is 10.00 Å². The highest BCUT2D eigenvalue weighted by Crippen LogP contribution is 2.32. The number of ether oxygens (including phenoxy) is 3. The van der Waals surface area contributed by atoms with Crippen molar-refractivity contribution >= 4 is 41.5 Å². The lowest BCUT2D eigenvalue weighted by atomic mass is 9.98. The molecule has 2 atom stereocenters. The van der Waals surface area contributed by atoms with Crippen molar-refractivity contribution < 1.29 is 33.0 Å². The minimum atomic E-state index is -0.881. The fourth-order valence-electron chi connectivity index (χ4n) is 6.61. The van der Waals surface area contributed by atoms with Crippen LogP contribution in [0.4, 0.5) is 14.9 Å². The number of anilines is 1. The van der Waals surface area contributed by atoms with Gasteiger partial charge in [-0.15, -0.1) is 0 Å². The van der Waals surface area contributed by atoms with Gasteiger partial charge in [-0.05, 0) is 68.3 Å². The van der Waals surface area contributed by atoms with Crippen LogP contribution in [0.3, 0.4) is 0 Å². The fourth-order valence-corrected chi connectivity index (χ4v) is 6.86. The van der Waals surface area contributed by atoms with Gasteiger partial charge in [-0.1, -0.05) is 63.6 Å². The molecule has 2 unspecified atom stereocenters. The molecule has 4 aromatic rings. The van der Waals surface area contributed by atoms with Crippen LogP contribution in [-0.4, -0.2) is 119 Å². The van der Waals surface area contributed by atoms with E-state index in [1.807, 2.05) is 90.9 Å². The second kappa shape index (κ2) is 21.5. The van der Waals surface area contributed by atoms with Crippen LogP contribution in [0.25, 0.3) is 16.8 Å². The molecule has 2 saturated heterocycles. The SMILES string of the molecule is CC.CC.COC(=O)C1CC(Oc2cccc(-c3cccc(N)c3C=NCCN3CCN(C(=O)OC(C)(C)C)CC3)c2)CN1C(=O)c1cnn(-c2ccc(F)cc2Cl)c1. The highest BCUT2D eigenvalue weighted by molar-refractivity contribution is 6.32. The van der Waals surface area contributed by atoms with Gasteiger partial charge in [-0.3, -0.25) is 14.7 Å². The Morgan fingerprint density at radius 1 is 1.00 bits per heavy atom. The number of aliphatic imine (C=N–C) groups is 1. The molecule has 2 fully saturated rings. The number of carbonyl (C=O) groups excluding carboxylic acids is 3. The number of likely N-dealkylation sites (tertiary alicyclic amines) is 1. The number of hydrogen-bond donors (Lipinski definition) is 1. The van der Waals surface area contributed by atoms with Crippen LogP contribution in [0.15, 0.2) is 78.0 Å². The van der Waals surface area contributed by atoms with Crippen molar-refractivity contribution in [2.45, 2.75) is 72.6 Å². The molecule has 59 heavy (non-hydrogen) atoms. The molecule has 2 amide bonds. The number of methoxy groups -OCH3 is 1. The number of piperazine rings is 1. The smallest absolute Gasteiger partial charge is 0.410 e. The molecule has 15 heteroatoms. The molecule has 3 aromatic carbocycles. The molecule has 318 valence electrons. The normalized spacial score (nSPS) is 16.8. The first-order valence-electron chi connectivity index (χ1n) is 20.0. The van der Waals surface area contributed by atoms with Crippen LogP contribution < -0.4 is 10.5 Å². The number of rotatable bonds is 10. The minimum Gasteiger partial charge on any atom is -0.488 e. The zero-order valence-electron chi connectivity index (χ0n) is 35.3. The number of nitrogens with two attached hydrogens (primary N) is 1. The van der Waals surface area contributed by atoms with E-state index < -0.39 is 35.4 Å². The molecular formula is C44H57ClFN7O6. The van der Waals surface area contributed by atoms with Crippen molar-refractivity contribution in [2.75, 3.05) is 58.7 Å². The third-order valence-electron chi connectivity index (χ3n) is 9.36. The summed E-state index contributed by atoms with van der Waals surface area (Å²) in [5.74, 6) is -0.944. The maximum Gasteiger partial charge on any atom is 0.410 e. The van der Waals surface area contributed by atoms with Crippen molar-refractivity contribution in [3.8, 4) is 22.6 Å². The van der Waals surface area contributed by atoms with Crippen LogP contribution in [0.5, 0.6) is 5.75 Å². The number of esters is 1. The molecule has 3 heterocycles. The third-order valence-corrected chi connectivity index (χ3v) is 9.66. The molecule has 0 radical (unpaired) electrons. The first-order valence-corrected chi connectivity index (χ1v) is 20.4. The highest BCUT2D eigenvalue weighted by atomic mass is 35.5. The van der Waals surface area contributed by atoms with Gasteiger partial charge in [0, 0.05) is 62.8 Å². The number of aromatic nitrogens is 2. The maximum atomic E-state index is 13.7. The molecule has 0 spiro atoms. The molecular weight excluding hydrogens is 777 g/mol. The predicted molar refractivity (Wildman–Crippen MR) is 230 cm³/mol. The summed E-state index contributed by atoms with van der Waals surface area (Å²) in [6.07, 6.45) is 4.06. The standard InChI is InChI=1S/C40H45ClFN7O6.2C2H6/c1-40(2,3)55-39(52)47-17-15-46(16-18-47)14-13-44-23-32-31(9-6-10-34(32)43)26-7-5-8-29(19-26)54-30-21-36(38(51)53-4)48(25-30)37(50)27-22-45-49(24-27)35-12-11-28(42)20-33(35)41;2*1-2/h5-12,19-20,22-24,30,36H,13-18,21,25,43H2,1-4H3;2*1-2H3. The highest BCUT2D eigenvalue weighted by Gasteiger charge is 2.42. The van der Waals surface area contributed by atoms with Crippen molar-refractivity contribution in [3.05, 3.63) is 95.0 Å². The monoisotopic (exact) mass is 833 g/mol. The van der Waals surface area contributed by atoms with Gasteiger partial charge in [0.15, 0.2) is 0 Å². The zero-order chi connectivity index (χ0) is 43.3. The number of nitrogen functional groups attached to an aromatic ring is 1. The Hall–Kier alpha value is -5.47. The summed E-state index contributed by atoms with van der Waals surface area (Å²) < 4.78 is 31.9. The van der Waals surface area contributed by atoms with Crippen molar-refractivity contribution in [3.63, 3.8) is 0 Å². The average Bonchev–Trinajstić information content (AvgIpc) is 3.89. The summed E-state index contributed by atoms with van der Waals surface area (Å²) in [6.45, 7) is 17.7. The molecule has 2 aliphatic heterocycles. The Morgan fingerprint density at radius 3 is 2.39 bits per heavy atom. The Morgan fingerprint density at radius 2 is 1.71 bits per heavy atom. The van der Waals surface area contributed by atoms with Gasteiger partial charge in [-0.2, -0.15) is 5.10 Å². The second-order valence-electron chi connectivity index (χ2n) is 14.4. The lowest BCUT2D eigenvalue weighted by molar-refractivity contribution is -0.145. The number of amides is 2. The lowest BCUT2D eigenvalue weighted by Crippen LogP contribution is -2.50. The van der Waals surface area contributed by atoms with Gasteiger partial charge >= 0.3 is 12.1 Å². The van der Waals surface area contributed by atoms with Gasteiger partial charge in [0.25, 0.3) is 5.91 Å². The zero-order valence-corrected chi connectivity index (χ0v) is 36.0. The topological polar surface area (TPSA) is 145 Å². The number of carbonyl (C=O) groups is 3. The van der Waals surface area contributed by atoms with Crippen LogP contribution in [0.1, 0.15) is 70.8 Å². The van der Waals surface area contributed by atoms with E-state index in [1.54, 1.807) is 11.1 Å². The minimum absolute atomic E-state index is 0.123. The second-order valence-corrected chi connectivity index (χ2v) is 14.8. The molecule has 6 rings (SSSR count). The van der Waals surface area contributed by atoms with Crippen LogP contribution in [0.2, 0.25) is 5.02 Å². The van der Waals surface area contributed by atoms with Gasteiger partial charge in [0.05, 0.1) is 42.7 Å². The molecule has 13 nitrogen and oxygen atoms in total. The number of benzene rings is 3. The van der Waals surface area contributed by atoms with E-state index >= 15 is 0 Å². The quantitative estimate of drug-likeness (QED) is 0.0963. The average molecular weight is 834 g/mol. The number of nitrogens with zero attached hydrogens (tertiary/aromatic N) is 6. The van der Waals surface area contributed by atoms with E-state index in [4.69, 9.17) is 36.5 Å². The number of hydrogen-bond acceptors (Lipinski definition) is 10. The first-order chi connectivity index (χ1) is 28.3. The largest absolute Gasteiger partial charge is 0.488 e. The van der Waals surface area contributed by atoms with Crippen LogP contribution >= 0.6 is 11.6 Å². The lowest BCUT2D eigenvalue weighted by Gasteiger charge is -2.35. The predicted octanol–water partition coefficient (Wildman–Crippen LogP) is 7.77. The van der Waals surface area contributed by atoms with E-state index in [0.717, 1.165) is 42.4 Å². The van der Waals surface area contributed by atoms with E-state index in [-0.39, 0.29) is 29.6 Å². The molecule has 2 N–H and O–H groups in total. The number of halogens is 2. The molecule has 0 saturated carbocycles. The summed E-state index contributed by atoms with van der Waals surface area (Å²) in [6, 6.07) is 16.2. The van der Waals surface area contributed by atoms with Gasteiger partial charge in [0.1, 0.15) is 29.3 Å². The Bertz CT molecular complexity index is 2060. The van der Waals surface area contributed by atoms with Gasteiger partial charge in [0.2, 0.25) is 0 Å². The Balaban J connectivity index is 0.00000186. The van der Waals surface area contributed by atoms with E-state index in [1.165, 1.54) is 41.2 Å². The van der Waals surface area contributed by atoms with E-state index in [9.17, 15) is 18.8 Å². The summed E-state index contributed by atoms with van der Waals surface area (Å²) in [7, 11) is 1.28. The van der Waals surface area contributed by atoms with Gasteiger partial charge < -0.3 is 29.7 Å². The Kier molecular flexibility index (Phi) is 16.9. The molecule has 1 aromatic heterocycles. The van der Waals surface area contributed by atoms with E-state index in [0.29, 0.717) is 36.8 Å². The van der Waals surface area contributed by atoms with Crippen molar-refractivity contribution in [1.29, 1.82) is 0 Å². The van der Waals surface area contributed by atoms with Gasteiger partial charge in [-0.25, -0.2) is 18.7 Å². The summed E-state index contributed by atoms with van der Waals surface area (Å²) in [5.41, 5.74) is 9.62. The summed E-state index contributed by atoms with van der Waals surface area (Å²) in [5, 5.41) is 4.37. The van der Waals surface area contributed by atoms with Crippen molar-refractivity contribution in [2.24, 2.45) is 4.99 Å². The molecule has 0 aliphatic carbocycles. The molecule has 0 bridgehead atoms. The third kappa shape index (κ3) is 12.3. The van der Waals surface area contributed by atoms with Crippen LogP contribution in [-0.2, 0) is 14.3 Å². The first kappa shape index (κ1) is 46.2. The maximum absolute atomic E-state index is 13.7. The van der Waals surface area contributed by atoms with Crippen molar-refractivity contribution in [1.82, 2.24) is 24.5 Å². The van der Waals surface area contributed by atoms with Crippen LogP contribution in [0, 0.1) is 5.82 Å². The summed E-state index contributed by atoms with van der Waals surface area (Å²) in [4.78, 5) is 49.1. The Labute approximate surface area is 351 Å². The summed E-state index contributed by atoms with van der Waals surface area (Å²) >= 11 is 6.20. The molecule has 2 aliphatic rings.